The summed E-state index contributed by atoms with van der Waals surface area (Å²) in [5.41, 5.74) is 1.96. The van der Waals surface area contributed by atoms with Gasteiger partial charge in [-0.25, -0.2) is 4.98 Å². The van der Waals surface area contributed by atoms with E-state index in [0.717, 1.165) is 16.5 Å². The minimum Gasteiger partial charge on any atom is -0.356 e. The number of nitrogens with zero attached hydrogens (tertiary/aromatic N) is 1. The zero-order chi connectivity index (χ0) is 16.4. The Bertz CT molecular complexity index is 892. The van der Waals surface area contributed by atoms with Gasteiger partial charge in [-0.1, -0.05) is 36.4 Å². The number of anilines is 1. The molecule has 0 bridgehead atoms. The molecule has 3 rings (SSSR count). The van der Waals surface area contributed by atoms with Crippen LogP contribution in [0.25, 0.3) is 21.9 Å². The summed E-state index contributed by atoms with van der Waals surface area (Å²) < 4.78 is 11.2. The number of pyridine rings is 1. The van der Waals surface area contributed by atoms with Crippen molar-refractivity contribution in [1.82, 2.24) is 4.98 Å². The topological polar surface area (TPSA) is 82.5 Å². The van der Waals surface area contributed by atoms with E-state index in [4.69, 9.17) is 0 Å². The molecule has 3 N–H and O–H groups in total. The molecule has 0 radical (unpaired) electrons. The predicted octanol–water partition coefficient (Wildman–Crippen LogP) is 3.84. The second-order valence-corrected chi connectivity index (χ2v) is 7.35. The van der Waals surface area contributed by atoms with Gasteiger partial charge in [0.25, 0.3) is 0 Å². The van der Waals surface area contributed by atoms with Crippen LogP contribution in [-0.2, 0) is 4.57 Å². The maximum absolute atomic E-state index is 11.2. The van der Waals surface area contributed by atoms with Gasteiger partial charge in [0.15, 0.2) is 0 Å². The van der Waals surface area contributed by atoms with Gasteiger partial charge in [-0.3, -0.25) is 4.57 Å². The second kappa shape index (κ2) is 6.13. The first-order chi connectivity index (χ1) is 10.9. The Kier molecular flexibility index (Phi) is 4.18. The lowest BCUT2D eigenvalue weighted by molar-refractivity contribution is 0.364. The first-order valence-electron chi connectivity index (χ1n) is 7.20. The van der Waals surface area contributed by atoms with Crippen molar-refractivity contribution in [2.75, 3.05) is 5.32 Å². The van der Waals surface area contributed by atoms with Crippen LogP contribution in [0.1, 0.15) is 6.92 Å². The molecule has 0 aliphatic carbocycles. The maximum Gasteiger partial charge on any atom is 0.347 e. The van der Waals surface area contributed by atoms with Gasteiger partial charge in [-0.05, 0) is 47.0 Å². The van der Waals surface area contributed by atoms with Crippen LogP contribution in [0.15, 0.2) is 60.8 Å². The molecule has 0 aliphatic heterocycles. The van der Waals surface area contributed by atoms with E-state index in [-0.39, 0.29) is 0 Å². The molecule has 118 valence electrons. The lowest BCUT2D eigenvalue weighted by atomic mass is 10.0. The molecule has 1 atom stereocenters. The molecule has 1 unspecified atom stereocenters. The van der Waals surface area contributed by atoms with Gasteiger partial charge < -0.3 is 15.1 Å². The average Bonchev–Trinajstić information content (AvgIpc) is 2.54. The summed E-state index contributed by atoms with van der Waals surface area (Å²) in [6.07, 6.45) is 1.62. The lowest BCUT2D eigenvalue weighted by Crippen LogP contribution is -2.16. The van der Waals surface area contributed by atoms with E-state index in [1.807, 2.05) is 24.3 Å². The van der Waals surface area contributed by atoms with E-state index in [2.05, 4.69) is 34.6 Å². The number of fused-ring (bicyclic) bond motifs is 1. The van der Waals surface area contributed by atoms with E-state index in [9.17, 15) is 14.4 Å². The summed E-state index contributed by atoms with van der Waals surface area (Å²) in [6.45, 7) is 1.44. The normalized spacial score (nSPS) is 13.0. The van der Waals surface area contributed by atoms with Crippen molar-refractivity contribution in [3.8, 4) is 11.1 Å². The van der Waals surface area contributed by atoms with Crippen LogP contribution >= 0.6 is 7.60 Å². The van der Waals surface area contributed by atoms with Gasteiger partial charge in [0.05, 0.1) is 0 Å². The van der Waals surface area contributed by atoms with Crippen molar-refractivity contribution in [2.24, 2.45) is 0 Å². The fourth-order valence-corrected chi connectivity index (χ4v) is 2.66. The van der Waals surface area contributed by atoms with E-state index < -0.39 is 13.4 Å². The first kappa shape index (κ1) is 15.7. The Hall–Kier alpha value is -2.20. The average molecular weight is 328 g/mol. The predicted molar refractivity (Wildman–Crippen MR) is 92.3 cm³/mol. The quantitative estimate of drug-likeness (QED) is 0.634. The molecule has 0 fully saturated rings. The fourth-order valence-electron chi connectivity index (χ4n) is 2.36. The van der Waals surface area contributed by atoms with Crippen molar-refractivity contribution in [3.63, 3.8) is 0 Å². The molecule has 0 spiro atoms. The van der Waals surface area contributed by atoms with Crippen LogP contribution in [0.2, 0.25) is 0 Å². The van der Waals surface area contributed by atoms with Crippen LogP contribution in [-0.4, -0.2) is 20.6 Å². The fraction of sp³-hybridized carbons (Fsp3) is 0.118. The summed E-state index contributed by atoms with van der Waals surface area (Å²) in [6, 6.07) is 17.9. The monoisotopic (exact) mass is 328 g/mol. The molecule has 2 aromatic carbocycles. The largest absolute Gasteiger partial charge is 0.356 e. The van der Waals surface area contributed by atoms with Crippen molar-refractivity contribution in [3.05, 3.63) is 60.8 Å². The molecule has 0 aliphatic rings. The van der Waals surface area contributed by atoms with Crippen molar-refractivity contribution >= 4 is 24.2 Å². The highest BCUT2D eigenvalue weighted by molar-refractivity contribution is 7.52. The highest BCUT2D eigenvalue weighted by Crippen LogP contribution is 2.40. The number of nitrogens with one attached hydrogen (secondary N) is 1. The molecule has 0 saturated carbocycles. The van der Waals surface area contributed by atoms with Gasteiger partial charge in [0.2, 0.25) is 0 Å². The van der Waals surface area contributed by atoms with E-state index in [1.54, 1.807) is 12.3 Å². The summed E-state index contributed by atoms with van der Waals surface area (Å²) in [7, 11) is -4.19. The number of hydrogen-bond donors (Lipinski definition) is 3. The summed E-state index contributed by atoms with van der Waals surface area (Å²) in [4.78, 5) is 22.5. The third-order valence-corrected chi connectivity index (χ3v) is 4.84. The van der Waals surface area contributed by atoms with E-state index in [1.165, 1.54) is 12.3 Å². The zero-order valence-electron chi connectivity index (χ0n) is 12.5. The molecule has 23 heavy (non-hydrogen) atoms. The first-order valence-corrected chi connectivity index (χ1v) is 8.88. The van der Waals surface area contributed by atoms with Crippen LogP contribution in [0.5, 0.6) is 0 Å². The minimum absolute atomic E-state index is 0.437. The van der Waals surface area contributed by atoms with Crippen LogP contribution < -0.4 is 5.32 Å². The van der Waals surface area contributed by atoms with Gasteiger partial charge in [0, 0.05) is 6.20 Å². The SMILES string of the molecule is CC(Nc1cc(-c2ccc3ccccc3c2)ccn1)P(=O)(O)O. The maximum atomic E-state index is 11.2. The van der Waals surface area contributed by atoms with Crippen LogP contribution in [0, 0.1) is 0 Å². The molecule has 1 heterocycles. The Morgan fingerprint density at radius 1 is 1.00 bits per heavy atom. The summed E-state index contributed by atoms with van der Waals surface area (Å²) in [5, 5.41) is 5.06. The van der Waals surface area contributed by atoms with Crippen molar-refractivity contribution < 1.29 is 14.4 Å². The smallest absolute Gasteiger partial charge is 0.347 e. The van der Waals surface area contributed by atoms with E-state index >= 15 is 0 Å². The van der Waals surface area contributed by atoms with Crippen LogP contribution in [0.4, 0.5) is 5.82 Å². The Morgan fingerprint density at radius 3 is 2.43 bits per heavy atom. The summed E-state index contributed by atoms with van der Waals surface area (Å²) in [5.74, 6) is -0.548. The van der Waals surface area contributed by atoms with Crippen LogP contribution in [0.3, 0.4) is 0 Å². The molecule has 0 saturated heterocycles. The Morgan fingerprint density at radius 2 is 1.70 bits per heavy atom. The lowest BCUT2D eigenvalue weighted by Gasteiger charge is -2.16. The molecule has 1 aromatic heterocycles. The van der Waals surface area contributed by atoms with Gasteiger partial charge in [0.1, 0.15) is 11.6 Å². The number of benzene rings is 2. The Balaban J connectivity index is 1.93. The van der Waals surface area contributed by atoms with Gasteiger partial charge in [-0.15, -0.1) is 0 Å². The van der Waals surface area contributed by atoms with Gasteiger partial charge >= 0.3 is 7.60 Å². The standard InChI is InChI=1S/C17H17N2O3P/c1-12(23(20,21)22)19-17-11-16(8-9-18-17)15-7-6-13-4-2-3-5-14(13)10-15/h2-12H,1H3,(H,18,19)(H2,20,21,22). The zero-order valence-corrected chi connectivity index (χ0v) is 13.4. The molecule has 6 heteroatoms. The number of aromatic nitrogens is 1. The van der Waals surface area contributed by atoms with E-state index in [0.29, 0.717) is 5.82 Å². The minimum atomic E-state index is -4.19. The molecular formula is C17H17N2O3P. The molecule has 3 aromatic rings. The highest BCUT2D eigenvalue weighted by Gasteiger charge is 2.23. The molecule has 0 amide bonds. The van der Waals surface area contributed by atoms with Gasteiger partial charge in [-0.2, -0.15) is 0 Å². The summed E-state index contributed by atoms with van der Waals surface area (Å²) >= 11 is 0. The number of rotatable bonds is 4. The third-order valence-electron chi connectivity index (χ3n) is 3.70. The molecular weight excluding hydrogens is 311 g/mol. The highest BCUT2D eigenvalue weighted by atomic mass is 31.2. The second-order valence-electron chi connectivity index (χ2n) is 5.40. The van der Waals surface area contributed by atoms with Crippen molar-refractivity contribution in [2.45, 2.75) is 12.7 Å². The molecule has 5 nitrogen and oxygen atoms in total. The Labute approximate surface area is 134 Å². The third kappa shape index (κ3) is 3.59. The number of hydrogen-bond acceptors (Lipinski definition) is 3. The van der Waals surface area contributed by atoms with Crippen molar-refractivity contribution in [1.29, 1.82) is 0 Å².